The van der Waals surface area contributed by atoms with Crippen molar-refractivity contribution >= 4 is 28.8 Å². The molecule has 0 radical (unpaired) electrons. The van der Waals surface area contributed by atoms with Gasteiger partial charge in [0.05, 0.1) is 38.0 Å². The molecule has 1 atom stereocenters. The number of hydrogen-bond acceptors (Lipinski definition) is 8. The summed E-state index contributed by atoms with van der Waals surface area (Å²) < 4.78 is 10.7. The van der Waals surface area contributed by atoms with Gasteiger partial charge in [-0.1, -0.05) is 30.0 Å². The van der Waals surface area contributed by atoms with Gasteiger partial charge in [-0.05, 0) is 32.5 Å². The molecule has 0 aromatic heterocycles. The number of amidine groups is 1. The lowest BCUT2D eigenvalue weighted by Gasteiger charge is -2.36. The Bertz CT molecular complexity index is 955. The van der Waals surface area contributed by atoms with Crippen LogP contribution in [0, 0.1) is 0 Å². The van der Waals surface area contributed by atoms with Crippen molar-refractivity contribution in [2.75, 3.05) is 41.4 Å². The maximum absolute atomic E-state index is 12.8. The molecule has 2 aliphatic rings. The van der Waals surface area contributed by atoms with Crippen LogP contribution in [0.3, 0.4) is 0 Å². The van der Waals surface area contributed by atoms with Gasteiger partial charge in [-0.25, -0.2) is 9.79 Å². The van der Waals surface area contributed by atoms with Crippen molar-refractivity contribution in [3.05, 3.63) is 52.2 Å². The summed E-state index contributed by atoms with van der Waals surface area (Å²) in [5.41, 5.74) is 2.60. The van der Waals surface area contributed by atoms with Crippen LogP contribution in [0.2, 0.25) is 0 Å². The summed E-state index contributed by atoms with van der Waals surface area (Å²) in [5.74, 6) is 0.108. The monoisotopic (exact) mass is 444 g/mol. The van der Waals surface area contributed by atoms with Crippen LogP contribution < -0.4 is 10.1 Å². The van der Waals surface area contributed by atoms with Gasteiger partial charge in [0.2, 0.25) is 5.91 Å². The number of para-hydroxylation sites is 1. The maximum atomic E-state index is 12.8. The van der Waals surface area contributed by atoms with Crippen LogP contribution in [0.15, 0.2) is 51.6 Å². The first-order valence-corrected chi connectivity index (χ1v) is 10.8. The third-order valence-corrected chi connectivity index (χ3v) is 5.95. The maximum Gasteiger partial charge on any atom is 0.338 e. The number of likely N-dealkylation sites (N-methyl/N-ethyl adjacent to an activating group) is 1. The standard InChI is InChI=1S/C22H28N4O4S/c1-14-19(21(28)30-5)20(16-8-6-7-9-17(16)29-4)26-15(13-31-22(26)24-14)12-18(27)23-10-11-25(2)3/h6-9,13,20H,10-12H2,1-5H3,(H,23,27)/t20-/m0/s1. The van der Waals surface area contributed by atoms with Crippen LogP contribution in [0.25, 0.3) is 0 Å². The third kappa shape index (κ3) is 4.94. The van der Waals surface area contributed by atoms with Crippen LogP contribution in [-0.4, -0.2) is 68.2 Å². The van der Waals surface area contributed by atoms with Gasteiger partial charge in [-0.3, -0.25) is 4.79 Å². The zero-order chi connectivity index (χ0) is 22.5. The van der Waals surface area contributed by atoms with Gasteiger partial charge in [-0.15, -0.1) is 0 Å². The zero-order valence-electron chi connectivity index (χ0n) is 18.5. The second kappa shape index (κ2) is 10.0. The van der Waals surface area contributed by atoms with Crippen molar-refractivity contribution in [1.29, 1.82) is 0 Å². The second-order valence-corrected chi connectivity index (χ2v) is 8.29. The van der Waals surface area contributed by atoms with E-state index in [0.29, 0.717) is 23.6 Å². The van der Waals surface area contributed by atoms with E-state index in [2.05, 4.69) is 10.3 Å². The van der Waals surface area contributed by atoms with E-state index in [9.17, 15) is 9.59 Å². The van der Waals surface area contributed by atoms with E-state index in [-0.39, 0.29) is 12.3 Å². The van der Waals surface area contributed by atoms with E-state index in [1.807, 2.05) is 53.6 Å². The summed E-state index contributed by atoms with van der Waals surface area (Å²) in [6, 6.07) is 7.04. The largest absolute Gasteiger partial charge is 0.496 e. The molecule has 0 saturated heterocycles. The predicted molar refractivity (Wildman–Crippen MR) is 122 cm³/mol. The predicted octanol–water partition coefficient (Wildman–Crippen LogP) is 2.51. The summed E-state index contributed by atoms with van der Waals surface area (Å²) in [6.45, 7) is 3.12. The number of amides is 1. The van der Waals surface area contributed by atoms with Crippen LogP contribution in [0.4, 0.5) is 0 Å². The number of esters is 1. The molecule has 0 aliphatic carbocycles. The van der Waals surface area contributed by atoms with Gasteiger partial charge in [0, 0.05) is 24.4 Å². The highest BCUT2D eigenvalue weighted by Gasteiger charge is 2.42. The summed E-state index contributed by atoms with van der Waals surface area (Å²) in [7, 11) is 6.87. The molecule has 9 heteroatoms. The first-order valence-electron chi connectivity index (χ1n) is 9.94. The molecule has 0 fully saturated rings. The van der Waals surface area contributed by atoms with Crippen molar-refractivity contribution in [2.45, 2.75) is 19.4 Å². The zero-order valence-corrected chi connectivity index (χ0v) is 19.3. The quantitative estimate of drug-likeness (QED) is 0.617. The molecular weight excluding hydrogens is 416 g/mol. The Morgan fingerprint density at radius 3 is 2.68 bits per heavy atom. The van der Waals surface area contributed by atoms with Crippen molar-refractivity contribution < 1.29 is 19.1 Å². The number of carbonyl (C=O) groups excluding carboxylic acids is 2. The fourth-order valence-corrected chi connectivity index (χ4v) is 4.54. The lowest BCUT2D eigenvalue weighted by atomic mass is 9.93. The van der Waals surface area contributed by atoms with E-state index in [1.165, 1.54) is 18.9 Å². The number of carbonyl (C=O) groups is 2. The molecule has 1 aromatic rings. The van der Waals surface area contributed by atoms with Crippen molar-refractivity contribution in [3.8, 4) is 5.75 Å². The van der Waals surface area contributed by atoms with Gasteiger partial charge < -0.3 is 24.6 Å². The number of nitrogens with zero attached hydrogens (tertiary/aromatic N) is 3. The van der Waals surface area contributed by atoms with E-state index in [1.54, 1.807) is 14.0 Å². The van der Waals surface area contributed by atoms with E-state index in [0.717, 1.165) is 23.0 Å². The topological polar surface area (TPSA) is 83.5 Å². The number of rotatable bonds is 8. The van der Waals surface area contributed by atoms with Gasteiger partial charge in [0.1, 0.15) is 5.75 Å². The van der Waals surface area contributed by atoms with E-state index in [4.69, 9.17) is 9.47 Å². The van der Waals surface area contributed by atoms with Gasteiger partial charge in [-0.2, -0.15) is 0 Å². The van der Waals surface area contributed by atoms with Crippen LogP contribution in [0.5, 0.6) is 5.75 Å². The summed E-state index contributed by atoms with van der Waals surface area (Å²) >= 11 is 1.44. The van der Waals surface area contributed by atoms with Gasteiger partial charge >= 0.3 is 5.97 Å². The normalized spacial score (nSPS) is 17.9. The Balaban J connectivity index is 1.96. The Labute approximate surface area is 187 Å². The first-order chi connectivity index (χ1) is 14.9. The molecule has 2 aliphatic heterocycles. The minimum atomic E-state index is -0.507. The minimum absolute atomic E-state index is 0.0837. The Morgan fingerprint density at radius 2 is 2.00 bits per heavy atom. The SMILES string of the molecule is COC(=O)C1=C(C)N=C2SC=C(CC(=O)NCCN(C)C)N2[C@H]1c1ccccc1OC. The molecule has 166 valence electrons. The van der Waals surface area contributed by atoms with Crippen molar-refractivity contribution in [2.24, 2.45) is 4.99 Å². The average molecular weight is 445 g/mol. The molecule has 0 bridgehead atoms. The Kier molecular flexibility index (Phi) is 7.40. The fourth-order valence-electron chi connectivity index (χ4n) is 3.57. The molecule has 3 rings (SSSR count). The van der Waals surface area contributed by atoms with Crippen molar-refractivity contribution in [1.82, 2.24) is 15.1 Å². The highest BCUT2D eigenvalue weighted by molar-refractivity contribution is 8.16. The molecule has 1 amide bonds. The molecular formula is C22H28N4O4S. The molecule has 0 spiro atoms. The highest BCUT2D eigenvalue weighted by atomic mass is 32.2. The smallest absolute Gasteiger partial charge is 0.338 e. The minimum Gasteiger partial charge on any atom is -0.496 e. The summed E-state index contributed by atoms with van der Waals surface area (Å²) in [6.07, 6.45) is 0.179. The number of fused-ring (bicyclic) bond motifs is 1. The summed E-state index contributed by atoms with van der Waals surface area (Å²) in [4.78, 5) is 33.9. The number of ether oxygens (including phenoxy) is 2. The fraction of sp³-hybridized carbons (Fsp3) is 0.409. The van der Waals surface area contributed by atoms with Crippen LogP contribution in [0.1, 0.15) is 24.9 Å². The number of methoxy groups -OCH3 is 2. The Morgan fingerprint density at radius 1 is 1.26 bits per heavy atom. The first kappa shape index (κ1) is 22.9. The van der Waals surface area contributed by atoms with Crippen LogP contribution in [-0.2, 0) is 14.3 Å². The number of aliphatic imine (C=N–C) groups is 1. The van der Waals surface area contributed by atoms with Crippen molar-refractivity contribution in [3.63, 3.8) is 0 Å². The van der Waals surface area contributed by atoms with E-state index < -0.39 is 12.0 Å². The molecule has 1 N–H and O–H groups in total. The van der Waals surface area contributed by atoms with E-state index >= 15 is 0 Å². The molecule has 2 heterocycles. The third-order valence-electron chi connectivity index (χ3n) is 5.06. The molecule has 0 unspecified atom stereocenters. The average Bonchev–Trinajstić information content (AvgIpc) is 3.13. The lowest BCUT2D eigenvalue weighted by Crippen LogP contribution is -2.38. The molecule has 31 heavy (non-hydrogen) atoms. The number of nitrogens with one attached hydrogen (secondary N) is 1. The molecule has 8 nitrogen and oxygen atoms in total. The number of benzene rings is 1. The van der Waals surface area contributed by atoms with Gasteiger partial charge in [0.25, 0.3) is 0 Å². The number of allylic oxidation sites excluding steroid dienone is 1. The molecule has 1 aromatic carbocycles. The number of hydrogen-bond donors (Lipinski definition) is 1. The summed E-state index contributed by atoms with van der Waals surface area (Å²) in [5, 5.41) is 5.58. The highest BCUT2D eigenvalue weighted by Crippen LogP contribution is 2.46. The molecule has 0 saturated carbocycles. The lowest BCUT2D eigenvalue weighted by molar-refractivity contribution is -0.136. The van der Waals surface area contributed by atoms with Gasteiger partial charge in [0.15, 0.2) is 5.17 Å². The Hall–Kier alpha value is -2.78. The second-order valence-electron chi connectivity index (χ2n) is 7.46. The number of thioether (sulfide) groups is 1. The van der Waals surface area contributed by atoms with Crippen LogP contribution >= 0.6 is 11.8 Å².